The zero-order valence-electron chi connectivity index (χ0n) is 16.9. The van der Waals surface area contributed by atoms with E-state index in [0.29, 0.717) is 24.0 Å². The predicted molar refractivity (Wildman–Crippen MR) is 118 cm³/mol. The Morgan fingerprint density at radius 2 is 1.66 bits per heavy atom. The number of hydrogen-bond donors (Lipinski definition) is 0. The van der Waals surface area contributed by atoms with Crippen molar-refractivity contribution in [3.8, 4) is 0 Å². The first-order chi connectivity index (χ1) is 14.1. The molecule has 29 heavy (non-hydrogen) atoms. The number of aromatic nitrogens is 3. The Bertz CT molecular complexity index is 1290. The number of hydrogen-bond acceptors (Lipinski definition) is 3. The lowest BCUT2D eigenvalue weighted by Crippen LogP contribution is -2.31. The van der Waals surface area contributed by atoms with Crippen molar-refractivity contribution in [2.75, 3.05) is 0 Å². The highest BCUT2D eigenvalue weighted by Gasteiger charge is 2.18. The van der Waals surface area contributed by atoms with Gasteiger partial charge in [0.2, 0.25) is 5.43 Å². The molecule has 0 amide bonds. The first kappa shape index (κ1) is 19.1. The molecule has 0 saturated carbocycles. The van der Waals surface area contributed by atoms with Crippen molar-refractivity contribution in [3.63, 3.8) is 0 Å². The van der Waals surface area contributed by atoms with Crippen LogP contribution in [0.5, 0.6) is 0 Å². The maximum absolute atomic E-state index is 13.5. The van der Waals surface area contributed by atoms with E-state index in [4.69, 9.17) is 4.98 Å². The van der Waals surface area contributed by atoms with Crippen LogP contribution in [-0.2, 0) is 20.0 Å². The Balaban J connectivity index is 2.01. The van der Waals surface area contributed by atoms with Crippen LogP contribution >= 0.6 is 0 Å². The normalized spacial score (nSPS) is 11.4. The highest BCUT2D eigenvalue weighted by Crippen LogP contribution is 2.16. The van der Waals surface area contributed by atoms with Gasteiger partial charge in [-0.25, -0.2) is 4.98 Å². The van der Waals surface area contributed by atoms with E-state index in [-0.39, 0.29) is 16.4 Å². The second-order valence-corrected chi connectivity index (χ2v) is 7.47. The average molecular weight is 387 g/mol. The van der Waals surface area contributed by atoms with Crippen LogP contribution in [0.15, 0.2) is 64.2 Å². The van der Waals surface area contributed by atoms with Crippen molar-refractivity contribution in [1.29, 1.82) is 0 Å². The first-order valence-corrected chi connectivity index (χ1v) is 10.2. The Hall–Kier alpha value is -3.21. The number of fused-ring (bicyclic) bond motifs is 2. The second kappa shape index (κ2) is 8.03. The van der Waals surface area contributed by atoms with Gasteiger partial charge in [-0.15, -0.1) is 0 Å². The quantitative estimate of drug-likeness (QED) is 0.371. The number of aryl methyl sites for hydroxylation is 2. The molecule has 2 heterocycles. The van der Waals surface area contributed by atoms with Crippen LogP contribution in [-0.4, -0.2) is 14.1 Å². The molecule has 0 aliphatic heterocycles. The van der Waals surface area contributed by atoms with Crippen LogP contribution in [0.2, 0.25) is 0 Å². The molecule has 0 fully saturated rings. The molecular formula is C24H25N3O2. The third-order valence-electron chi connectivity index (χ3n) is 5.47. The smallest absolute Gasteiger partial charge is 0.267 e. The summed E-state index contributed by atoms with van der Waals surface area (Å²) in [6, 6.07) is 17.2. The minimum absolute atomic E-state index is 0.168. The maximum Gasteiger partial charge on any atom is 0.267 e. The monoisotopic (exact) mass is 387 g/mol. The minimum Gasteiger partial charge on any atom is -0.328 e. The molecule has 0 saturated heterocycles. The summed E-state index contributed by atoms with van der Waals surface area (Å²) < 4.78 is 3.55. The Morgan fingerprint density at radius 1 is 0.931 bits per heavy atom. The van der Waals surface area contributed by atoms with Gasteiger partial charge in [0.25, 0.3) is 5.56 Å². The number of para-hydroxylation sites is 1. The van der Waals surface area contributed by atoms with Gasteiger partial charge in [-0.1, -0.05) is 62.2 Å². The Kier molecular flexibility index (Phi) is 5.30. The molecule has 0 bridgehead atoms. The number of benzene rings is 2. The van der Waals surface area contributed by atoms with Crippen LogP contribution in [0.1, 0.15) is 37.6 Å². The van der Waals surface area contributed by atoms with E-state index in [0.717, 1.165) is 36.2 Å². The molecule has 5 nitrogen and oxygen atoms in total. The van der Waals surface area contributed by atoms with Gasteiger partial charge in [-0.2, -0.15) is 0 Å². The largest absolute Gasteiger partial charge is 0.328 e. The second-order valence-electron chi connectivity index (χ2n) is 7.47. The summed E-state index contributed by atoms with van der Waals surface area (Å²) >= 11 is 0. The number of rotatable bonds is 6. The van der Waals surface area contributed by atoms with E-state index >= 15 is 0 Å². The van der Waals surface area contributed by atoms with Gasteiger partial charge in [0.1, 0.15) is 11.2 Å². The van der Waals surface area contributed by atoms with Gasteiger partial charge < -0.3 is 4.57 Å². The fraction of sp³-hybridized carbons (Fsp3) is 0.292. The van der Waals surface area contributed by atoms with Crippen molar-refractivity contribution in [3.05, 3.63) is 86.6 Å². The summed E-state index contributed by atoms with van der Waals surface area (Å²) in [5.41, 5.74) is 1.78. The van der Waals surface area contributed by atoms with Gasteiger partial charge >= 0.3 is 0 Å². The molecule has 4 aromatic rings. The van der Waals surface area contributed by atoms with Crippen molar-refractivity contribution in [2.45, 2.75) is 39.2 Å². The molecule has 0 radical (unpaired) electrons. The minimum atomic E-state index is -0.253. The van der Waals surface area contributed by atoms with Crippen LogP contribution in [0.3, 0.4) is 0 Å². The van der Waals surface area contributed by atoms with Crippen LogP contribution < -0.4 is 11.0 Å². The molecule has 2 aromatic carbocycles. The number of pyridine rings is 1. The molecule has 5 heteroatoms. The van der Waals surface area contributed by atoms with E-state index < -0.39 is 0 Å². The maximum atomic E-state index is 13.5. The Morgan fingerprint density at radius 3 is 2.41 bits per heavy atom. The van der Waals surface area contributed by atoms with Crippen molar-refractivity contribution < 1.29 is 0 Å². The van der Waals surface area contributed by atoms with E-state index in [1.165, 1.54) is 0 Å². The average Bonchev–Trinajstić information content (AvgIpc) is 2.75. The van der Waals surface area contributed by atoms with Crippen molar-refractivity contribution >= 4 is 21.9 Å². The molecule has 0 N–H and O–H groups in total. The summed E-state index contributed by atoms with van der Waals surface area (Å²) in [5, 5.41) is 0.716. The summed E-state index contributed by atoms with van der Waals surface area (Å²) in [7, 11) is 1.87. The molecule has 0 spiro atoms. The zero-order chi connectivity index (χ0) is 20.4. The fourth-order valence-electron chi connectivity index (χ4n) is 3.89. The lowest BCUT2D eigenvalue weighted by Gasteiger charge is -2.16. The highest BCUT2D eigenvalue weighted by molar-refractivity contribution is 5.91. The van der Waals surface area contributed by atoms with E-state index in [1.807, 2.05) is 60.1 Å². The van der Waals surface area contributed by atoms with Gasteiger partial charge in [-0.05, 0) is 24.1 Å². The van der Waals surface area contributed by atoms with Gasteiger partial charge in [0.05, 0.1) is 12.1 Å². The lowest BCUT2D eigenvalue weighted by molar-refractivity contribution is 0.625. The van der Waals surface area contributed by atoms with Crippen molar-refractivity contribution in [1.82, 2.24) is 14.1 Å². The van der Waals surface area contributed by atoms with E-state index in [2.05, 4.69) is 6.92 Å². The zero-order valence-corrected chi connectivity index (χ0v) is 16.9. The van der Waals surface area contributed by atoms with Gasteiger partial charge in [0.15, 0.2) is 5.65 Å². The van der Waals surface area contributed by atoms with Crippen LogP contribution in [0.25, 0.3) is 21.9 Å². The van der Waals surface area contributed by atoms with E-state index in [1.54, 1.807) is 10.6 Å². The Labute approximate surface area is 169 Å². The molecule has 0 aliphatic carbocycles. The molecule has 0 unspecified atom stereocenters. The third-order valence-corrected chi connectivity index (χ3v) is 5.47. The molecule has 0 aliphatic rings. The van der Waals surface area contributed by atoms with Crippen LogP contribution in [0, 0.1) is 0 Å². The van der Waals surface area contributed by atoms with Crippen LogP contribution in [0.4, 0.5) is 0 Å². The first-order valence-electron chi connectivity index (χ1n) is 10.2. The number of nitrogens with zero attached hydrogens (tertiary/aromatic N) is 3. The topological polar surface area (TPSA) is 56.9 Å². The molecule has 148 valence electrons. The summed E-state index contributed by atoms with van der Waals surface area (Å²) in [4.78, 5) is 31.5. The van der Waals surface area contributed by atoms with E-state index in [9.17, 15) is 9.59 Å². The van der Waals surface area contributed by atoms with Gasteiger partial charge in [-0.3, -0.25) is 14.2 Å². The highest BCUT2D eigenvalue weighted by atomic mass is 16.1. The van der Waals surface area contributed by atoms with Crippen molar-refractivity contribution in [2.24, 2.45) is 7.05 Å². The summed E-state index contributed by atoms with van der Waals surface area (Å²) in [6.45, 7) is 2.57. The molecule has 4 rings (SSSR count). The molecule has 0 atom stereocenters. The SMILES string of the molecule is CCCCCc1nc2c(c(=O)c3ccccc3n2C)c(=O)n1Cc1ccccc1. The standard InChI is InChI=1S/C24H25N3O2/c1-3-4-6-15-20-25-23-21(22(28)18-13-9-10-14-19(18)26(23)2)24(29)27(20)16-17-11-7-5-8-12-17/h5,7-14H,3-4,6,15-16H2,1-2H3. The molecular weight excluding hydrogens is 362 g/mol. The summed E-state index contributed by atoms with van der Waals surface area (Å²) in [5.74, 6) is 0.741. The molecule has 2 aromatic heterocycles. The van der Waals surface area contributed by atoms with Gasteiger partial charge in [0, 0.05) is 18.9 Å². The lowest BCUT2D eigenvalue weighted by atomic mass is 10.1. The predicted octanol–water partition coefficient (Wildman–Crippen LogP) is 4.03. The fourth-order valence-corrected chi connectivity index (χ4v) is 3.89. The number of unbranched alkanes of at least 4 members (excludes halogenated alkanes) is 2. The summed E-state index contributed by atoms with van der Waals surface area (Å²) in [6.07, 6.45) is 3.85. The third kappa shape index (κ3) is 3.48.